The van der Waals surface area contributed by atoms with E-state index in [1.807, 2.05) is 30.3 Å². The SMILES string of the molecule is [Br-].[Se-]c1ccccc1.[Zn+2]. The van der Waals surface area contributed by atoms with Crippen LogP contribution in [0, 0.1) is 0 Å². The van der Waals surface area contributed by atoms with Crippen molar-refractivity contribution in [3.63, 3.8) is 0 Å². The average molecular weight is 301 g/mol. The first kappa shape index (κ1) is 12.5. The second-order valence-electron chi connectivity index (χ2n) is 1.31. The van der Waals surface area contributed by atoms with Gasteiger partial charge in [-0.1, -0.05) is 0 Å². The summed E-state index contributed by atoms with van der Waals surface area (Å²) in [6, 6.07) is 10.1. The molecule has 0 aliphatic heterocycles. The fraction of sp³-hybridized carbons (Fsp3) is 0. The predicted molar refractivity (Wildman–Crippen MR) is 31.8 cm³/mol. The van der Waals surface area contributed by atoms with Crippen molar-refractivity contribution in [3.8, 4) is 0 Å². The van der Waals surface area contributed by atoms with Crippen LogP contribution in [0.2, 0.25) is 0 Å². The molecule has 0 N–H and O–H groups in total. The molecule has 1 rings (SSSR count). The molecule has 0 atom stereocenters. The summed E-state index contributed by atoms with van der Waals surface area (Å²) in [5, 5.41) is 0. The molecule has 0 saturated carbocycles. The Bertz CT molecular complexity index is 143. The Balaban J connectivity index is 0. The Hall–Kier alpha value is 0.843. The molecule has 9 heavy (non-hydrogen) atoms. The maximum Gasteiger partial charge on any atom is 2.00 e. The standard InChI is InChI=1S/C6H6Se.BrH.Zn/c7-6-4-2-1-3-5-6;;/h1-5,7H;1H;/q;;+2/p-2. The number of halogens is 1. The Kier molecular flexibility index (Phi) is 9.67. The van der Waals surface area contributed by atoms with Crippen molar-refractivity contribution in [2.75, 3.05) is 0 Å². The van der Waals surface area contributed by atoms with Gasteiger partial charge in [-0.3, -0.25) is 0 Å². The van der Waals surface area contributed by atoms with Crippen LogP contribution in [0.5, 0.6) is 0 Å². The molecule has 0 heterocycles. The monoisotopic (exact) mass is 300 g/mol. The molecule has 44 valence electrons. The molecule has 0 saturated heterocycles. The molecule has 0 aliphatic rings. The van der Waals surface area contributed by atoms with Crippen molar-refractivity contribution >= 4 is 20.5 Å². The molecule has 1 aromatic rings. The zero-order chi connectivity index (χ0) is 5.11. The van der Waals surface area contributed by atoms with E-state index in [4.69, 9.17) is 0 Å². The number of benzene rings is 1. The van der Waals surface area contributed by atoms with Gasteiger partial charge in [0.2, 0.25) is 0 Å². The molecule has 0 spiro atoms. The number of hydrogen-bond donors (Lipinski definition) is 0. The van der Waals surface area contributed by atoms with Crippen molar-refractivity contribution in [2.24, 2.45) is 0 Å². The van der Waals surface area contributed by atoms with Crippen molar-refractivity contribution in [1.29, 1.82) is 0 Å². The van der Waals surface area contributed by atoms with E-state index in [0.29, 0.717) is 0 Å². The maximum absolute atomic E-state index is 2.90. The zero-order valence-corrected chi connectivity index (χ0v) is 11.1. The molecule has 1 aromatic carbocycles. The molecule has 0 nitrogen and oxygen atoms in total. The molecule has 0 aliphatic carbocycles. The summed E-state index contributed by atoms with van der Waals surface area (Å²) in [7, 11) is 0. The predicted octanol–water partition coefficient (Wildman–Crippen LogP) is -2.52. The van der Waals surface area contributed by atoms with E-state index in [-0.39, 0.29) is 36.5 Å². The van der Waals surface area contributed by atoms with Crippen LogP contribution in [0.1, 0.15) is 0 Å². The summed E-state index contributed by atoms with van der Waals surface area (Å²) in [4.78, 5) is 0. The minimum Gasteiger partial charge on any atom is 2.00 e. The quantitative estimate of drug-likeness (QED) is 0.464. The van der Waals surface area contributed by atoms with Crippen LogP contribution >= 0.6 is 0 Å². The van der Waals surface area contributed by atoms with E-state index in [1.165, 1.54) is 4.46 Å². The van der Waals surface area contributed by atoms with E-state index >= 15 is 0 Å². The van der Waals surface area contributed by atoms with Gasteiger partial charge in [0.05, 0.1) is 0 Å². The van der Waals surface area contributed by atoms with Crippen LogP contribution in [0.15, 0.2) is 30.3 Å². The second-order valence-corrected chi connectivity index (χ2v) is 2.30. The van der Waals surface area contributed by atoms with E-state index in [0.717, 1.165) is 0 Å². The van der Waals surface area contributed by atoms with E-state index in [2.05, 4.69) is 16.0 Å². The molecule has 0 radical (unpaired) electrons. The fourth-order valence-corrected chi connectivity index (χ4v) is 0.750. The third-order valence-corrected chi connectivity index (χ3v) is 1.31. The van der Waals surface area contributed by atoms with Crippen LogP contribution in [0.4, 0.5) is 0 Å². The van der Waals surface area contributed by atoms with Gasteiger partial charge in [0.15, 0.2) is 0 Å². The van der Waals surface area contributed by atoms with Gasteiger partial charge in [0, 0.05) is 0 Å². The molecular weight excluding hydrogens is 296 g/mol. The van der Waals surface area contributed by atoms with E-state index < -0.39 is 0 Å². The second kappa shape index (κ2) is 6.96. The smallest absolute Gasteiger partial charge is 2.00 e. The van der Waals surface area contributed by atoms with E-state index in [9.17, 15) is 0 Å². The minimum absolute atomic E-state index is 0. The first-order valence-corrected chi connectivity index (χ1v) is 2.97. The van der Waals surface area contributed by atoms with Gasteiger partial charge in [-0.2, -0.15) is 0 Å². The summed E-state index contributed by atoms with van der Waals surface area (Å²) < 4.78 is 1.20. The van der Waals surface area contributed by atoms with Crippen LogP contribution < -0.4 is 21.4 Å². The van der Waals surface area contributed by atoms with Crippen LogP contribution in [0.25, 0.3) is 0 Å². The Morgan fingerprint density at radius 2 is 1.44 bits per heavy atom. The first-order valence-electron chi connectivity index (χ1n) is 2.11. The number of hydrogen-bond acceptors (Lipinski definition) is 0. The van der Waals surface area contributed by atoms with Crippen LogP contribution in [0.3, 0.4) is 0 Å². The molecule has 0 aromatic heterocycles. The van der Waals surface area contributed by atoms with Crippen molar-refractivity contribution in [3.05, 3.63) is 30.3 Å². The van der Waals surface area contributed by atoms with E-state index in [1.54, 1.807) is 0 Å². The Morgan fingerprint density at radius 3 is 1.67 bits per heavy atom. The Labute approximate surface area is 86.8 Å². The summed E-state index contributed by atoms with van der Waals surface area (Å²) in [6.45, 7) is 0. The van der Waals surface area contributed by atoms with Gasteiger partial charge in [-0.05, 0) is 0 Å². The third-order valence-electron chi connectivity index (χ3n) is 0.743. The molecule has 0 bridgehead atoms. The summed E-state index contributed by atoms with van der Waals surface area (Å²) in [5.74, 6) is 0. The Morgan fingerprint density at radius 1 is 1.00 bits per heavy atom. The van der Waals surface area contributed by atoms with Crippen molar-refractivity contribution in [2.45, 2.75) is 0 Å². The summed E-state index contributed by atoms with van der Waals surface area (Å²) in [6.07, 6.45) is 0. The van der Waals surface area contributed by atoms with Gasteiger partial charge < -0.3 is 17.0 Å². The zero-order valence-electron chi connectivity index (χ0n) is 4.88. The van der Waals surface area contributed by atoms with Crippen molar-refractivity contribution in [1.82, 2.24) is 0 Å². The largest absolute Gasteiger partial charge is 2.00 e. The average Bonchev–Trinajstić information content (AvgIpc) is 1.69. The topological polar surface area (TPSA) is 0 Å². The summed E-state index contributed by atoms with van der Waals surface area (Å²) >= 11 is 2.90. The van der Waals surface area contributed by atoms with Crippen molar-refractivity contribution < 1.29 is 36.5 Å². The van der Waals surface area contributed by atoms with Gasteiger partial charge in [-0.15, -0.1) is 0 Å². The molecule has 0 unspecified atom stereocenters. The molecule has 3 heteroatoms. The fourth-order valence-electron chi connectivity index (χ4n) is 0.420. The van der Waals surface area contributed by atoms with Gasteiger partial charge in [0.25, 0.3) is 0 Å². The molecule has 0 fully saturated rings. The minimum atomic E-state index is 0. The normalized spacial score (nSPS) is 6.67. The van der Waals surface area contributed by atoms with Gasteiger partial charge >= 0.3 is 70.3 Å². The van der Waals surface area contributed by atoms with Crippen LogP contribution in [-0.2, 0) is 19.5 Å². The maximum atomic E-state index is 2.90. The molecule has 0 amide bonds. The van der Waals surface area contributed by atoms with Gasteiger partial charge in [-0.25, -0.2) is 0 Å². The summed E-state index contributed by atoms with van der Waals surface area (Å²) in [5.41, 5.74) is 0. The van der Waals surface area contributed by atoms with Crippen LogP contribution in [-0.4, -0.2) is 16.0 Å². The molecular formula is C6H5BrSeZn. The third kappa shape index (κ3) is 5.30. The number of rotatable bonds is 0. The van der Waals surface area contributed by atoms with Gasteiger partial charge in [0.1, 0.15) is 0 Å². The first-order chi connectivity index (χ1) is 3.39.